The monoisotopic (exact) mass is 559 g/mol. The van der Waals surface area contributed by atoms with E-state index in [1.807, 2.05) is 4.90 Å². The first-order chi connectivity index (χ1) is 17.8. The van der Waals surface area contributed by atoms with Crippen LogP contribution in [0.25, 0.3) is 0 Å². The lowest BCUT2D eigenvalue weighted by atomic mass is 9.85. The Morgan fingerprint density at radius 1 is 1.21 bits per heavy atom. The van der Waals surface area contributed by atoms with E-state index in [2.05, 4.69) is 10.0 Å². The molecular formula is C26H33F4N3O4S. The van der Waals surface area contributed by atoms with E-state index in [4.69, 9.17) is 4.42 Å². The normalized spacial score (nSPS) is 18.3. The number of fused-ring (bicyclic) bond motifs is 1. The van der Waals surface area contributed by atoms with Gasteiger partial charge in [0.2, 0.25) is 15.9 Å². The second-order valence-corrected chi connectivity index (χ2v) is 12.0. The van der Waals surface area contributed by atoms with E-state index in [0.717, 1.165) is 50.3 Å². The van der Waals surface area contributed by atoms with Crippen LogP contribution in [0.4, 0.5) is 23.2 Å². The molecule has 0 unspecified atom stereocenters. The Morgan fingerprint density at radius 3 is 2.61 bits per heavy atom. The minimum atomic E-state index is -4.94. The molecule has 1 aliphatic heterocycles. The number of hydrogen-bond acceptors (Lipinski definition) is 5. The molecule has 38 heavy (non-hydrogen) atoms. The van der Waals surface area contributed by atoms with Gasteiger partial charge in [-0.2, -0.15) is 17.9 Å². The summed E-state index contributed by atoms with van der Waals surface area (Å²) >= 11 is 0. The second-order valence-electron chi connectivity index (χ2n) is 10.3. The van der Waals surface area contributed by atoms with Crippen molar-refractivity contribution in [2.24, 2.45) is 5.92 Å². The van der Waals surface area contributed by atoms with Gasteiger partial charge >= 0.3 is 6.18 Å². The van der Waals surface area contributed by atoms with Gasteiger partial charge in [0.1, 0.15) is 34.3 Å². The average Bonchev–Trinajstić information content (AvgIpc) is 3.42. The molecule has 0 spiro atoms. The number of aryl methyl sites for hydroxylation is 1. The summed E-state index contributed by atoms with van der Waals surface area (Å²) in [5, 5.41) is 2.84. The minimum absolute atomic E-state index is 0.0744. The van der Waals surface area contributed by atoms with Gasteiger partial charge in [-0.05, 0) is 56.4 Å². The Balaban J connectivity index is 1.50. The van der Waals surface area contributed by atoms with E-state index < -0.39 is 50.4 Å². The summed E-state index contributed by atoms with van der Waals surface area (Å²) < 4.78 is 87.5. The van der Waals surface area contributed by atoms with E-state index in [9.17, 15) is 30.8 Å². The van der Waals surface area contributed by atoms with E-state index >= 15 is 0 Å². The molecule has 0 radical (unpaired) electrons. The third-order valence-electron chi connectivity index (χ3n) is 7.32. The molecule has 4 rings (SSSR count). The van der Waals surface area contributed by atoms with Crippen molar-refractivity contribution in [2.75, 3.05) is 18.0 Å². The maximum atomic E-state index is 13.6. The molecule has 0 saturated heterocycles. The van der Waals surface area contributed by atoms with Gasteiger partial charge < -0.3 is 14.6 Å². The molecule has 1 aromatic heterocycles. The largest absolute Gasteiger partial charge is 0.468 e. The summed E-state index contributed by atoms with van der Waals surface area (Å²) in [7, 11) is -4.73. The number of carbonyl (C=O) groups is 1. The molecule has 2 atom stereocenters. The molecule has 7 nitrogen and oxygen atoms in total. The number of nitrogens with one attached hydrogen (secondary N) is 2. The van der Waals surface area contributed by atoms with Crippen LogP contribution in [0.3, 0.4) is 0 Å². The highest BCUT2D eigenvalue weighted by atomic mass is 32.2. The highest BCUT2D eigenvalue weighted by molar-refractivity contribution is 7.89. The van der Waals surface area contributed by atoms with Crippen LogP contribution in [0, 0.1) is 18.7 Å². The van der Waals surface area contributed by atoms with Gasteiger partial charge in [-0.25, -0.2) is 12.8 Å². The molecule has 2 N–H and O–H groups in total. The molecule has 1 aliphatic carbocycles. The number of amides is 1. The van der Waals surface area contributed by atoms with Crippen molar-refractivity contribution in [2.45, 2.75) is 81.9 Å². The molecule has 210 valence electrons. The quantitative estimate of drug-likeness (QED) is 0.425. The van der Waals surface area contributed by atoms with Crippen LogP contribution in [-0.4, -0.2) is 39.5 Å². The van der Waals surface area contributed by atoms with Crippen LogP contribution in [-0.2, 0) is 27.4 Å². The van der Waals surface area contributed by atoms with Crippen LogP contribution in [0.5, 0.6) is 0 Å². The minimum Gasteiger partial charge on any atom is -0.468 e. The number of hydrogen-bond donors (Lipinski definition) is 2. The van der Waals surface area contributed by atoms with Gasteiger partial charge in [0.25, 0.3) is 0 Å². The summed E-state index contributed by atoms with van der Waals surface area (Å²) in [4.78, 5) is 14.4. The number of halogens is 4. The fourth-order valence-electron chi connectivity index (χ4n) is 5.53. The highest BCUT2D eigenvalue weighted by Gasteiger charge is 2.42. The van der Waals surface area contributed by atoms with Crippen molar-refractivity contribution >= 4 is 21.6 Å². The number of alkyl halides is 3. The zero-order valence-corrected chi connectivity index (χ0v) is 22.2. The lowest BCUT2D eigenvalue weighted by Crippen LogP contribution is -2.52. The molecule has 12 heteroatoms. The van der Waals surface area contributed by atoms with Crippen LogP contribution in [0.2, 0.25) is 0 Å². The Labute approximate surface area is 220 Å². The Kier molecular flexibility index (Phi) is 8.41. The van der Waals surface area contributed by atoms with Gasteiger partial charge in [0.15, 0.2) is 0 Å². The molecule has 2 aromatic rings. The second kappa shape index (κ2) is 11.3. The Hall–Kier alpha value is -2.60. The average molecular weight is 560 g/mol. The summed E-state index contributed by atoms with van der Waals surface area (Å²) in [6, 6.07) is 2.90. The molecule has 0 bridgehead atoms. The smallest absolute Gasteiger partial charge is 0.420 e. The summed E-state index contributed by atoms with van der Waals surface area (Å²) in [5.74, 6) is -1.24. The van der Waals surface area contributed by atoms with Crippen molar-refractivity contribution in [3.8, 4) is 0 Å². The van der Waals surface area contributed by atoms with Crippen LogP contribution in [0.1, 0.15) is 62.3 Å². The number of furan rings is 1. The van der Waals surface area contributed by atoms with Crippen molar-refractivity contribution < 1.29 is 35.2 Å². The van der Waals surface area contributed by atoms with Gasteiger partial charge in [0, 0.05) is 24.8 Å². The molecule has 1 amide bonds. The first-order valence-electron chi connectivity index (χ1n) is 12.9. The third kappa shape index (κ3) is 6.51. The molecule has 2 aliphatic rings. The summed E-state index contributed by atoms with van der Waals surface area (Å²) in [5.41, 5.74) is 0.348. The lowest BCUT2D eigenvalue weighted by Gasteiger charge is -2.29. The first kappa shape index (κ1) is 28.4. The number of benzene rings is 1. The van der Waals surface area contributed by atoms with E-state index in [0.29, 0.717) is 25.8 Å². The fourth-order valence-corrected chi connectivity index (χ4v) is 7.11. The molecule has 1 saturated carbocycles. The molecule has 2 heterocycles. The standard InChI is InChI=1S/C26H33F4N3O4S/c1-16(14-33-11-10-19-13-20(27)8-9-23(19)33)31-25(34)22(12-18-6-4-3-5-7-18)32-38(35,36)24-17(2)37-15-21(24)26(28,29)30/h8-9,13,15-16,18,22,32H,3-7,10-12,14H2,1-2H3,(H,31,34)/t16-,22-/m0/s1. The van der Waals surface area contributed by atoms with Crippen LogP contribution >= 0.6 is 0 Å². The van der Waals surface area contributed by atoms with Crippen LogP contribution in [0.15, 0.2) is 33.8 Å². The lowest BCUT2D eigenvalue weighted by molar-refractivity contribution is -0.140. The van der Waals surface area contributed by atoms with Gasteiger partial charge in [-0.1, -0.05) is 32.1 Å². The topological polar surface area (TPSA) is 91.6 Å². The Bertz CT molecular complexity index is 1260. The Morgan fingerprint density at radius 2 is 1.92 bits per heavy atom. The SMILES string of the molecule is Cc1occ(C(F)(F)F)c1S(=O)(=O)N[C@@H](CC1CCCCC1)C(=O)N[C@@H](C)CN1CCc2cc(F)ccc21. The molecular weight excluding hydrogens is 526 g/mol. The predicted molar refractivity (Wildman–Crippen MR) is 134 cm³/mol. The number of rotatable bonds is 9. The van der Waals surface area contributed by atoms with Gasteiger partial charge in [-0.3, -0.25) is 4.79 Å². The number of carbonyl (C=O) groups excluding carboxylic acids is 1. The van der Waals surface area contributed by atoms with Crippen molar-refractivity contribution in [3.63, 3.8) is 0 Å². The fraction of sp³-hybridized carbons (Fsp3) is 0.577. The predicted octanol–water partition coefficient (Wildman–Crippen LogP) is 4.93. The van der Waals surface area contributed by atoms with Crippen molar-refractivity contribution in [1.82, 2.24) is 10.0 Å². The summed E-state index contributed by atoms with van der Waals surface area (Å²) in [6.07, 6.45) is 0.897. The van der Waals surface area contributed by atoms with Crippen LogP contribution < -0.4 is 14.9 Å². The van der Waals surface area contributed by atoms with E-state index in [1.165, 1.54) is 12.1 Å². The first-order valence-corrected chi connectivity index (χ1v) is 14.3. The van der Waals surface area contributed by atoms with Crippen molar-refractivity contribution in [1.29, 1.82) is 0 Å². The van der Waals surface area contributed by atoms with Gasteiger partial charge in [0.05, 0.1) is 0 Å². The third-order valence-corrected chi connectivity index (χ3v) is 8.96. The number of nitrogens with zero attached hydrogens (tertiary/aromatic N) is 1. The van der Waals surface area contributed by atoms with Crippen molar-refractivity contribution in [3.05, 3.63) is 47.2 Å². The molecule has 1 fully saturated rings. The summed E-state index contributed by atoms with van der Waals surface area (Å²) in [6.45, 7) is 3.97. The maximum absolute atomic E-state index is 13.6. The number of sulfonamides is 1. The van der Waals surface area contributed by atoms with E-state index in [1.54, 1.807) is 13.0 Å². The zero-order chi connectivity index (χ0) is 27.7. The molecule has 1 aromatic carbocycles. The maximum Gasteiger partial charge on any atom is 0.420 e. The zero-order valence-electron chi connectivity index (χ0n) is 21.4. The number of anilines is 1. The van der Waals surface area contributed by atoms with E-state index in [-0.39, 0.29) is 18.2 Å². The highest BCUT2D eigenvalue weighted by Crippen LogP contribution is 2.37. The van der Waals surface area contributed by atoms with Gasteiger partial charge in [-0.15, -0.1) is 0 Å².